The van der Waals surface area contributed by atoms with Crippen molar-refractivity contribution >= 4 is 41.3 Å². The first-order chi connectivity index (χ1) is 16.3. The number of anilines is 3. The van der Waals surface area contributed by atoms with Crippen molar-refractivity contribution in [3.8, 4) is 6.07 Å². The van der Waals surface area contributed by atoms with Gasteiger partial charge in [0.15, 0.2) is 6.10 Å². The number of carbonyl (C=O) groups excluding carboxylic acids is 2. The summed E-state index contributed by atoms with van der Waals surface area (Å²) in [5, 5.41) is 13.7. The highest BCUT2D eigenvalue weighted by Gasteiger charge is 2.52. The number of nitrogens with one attached hydrogen (secondary N) is 2. The number of rotatable bonds is 5. The molecule has 1 aliphatic rings. The standard InChI is InChI=1S/C21H17F6N5O3.ClH/c22-20(23,24)15-7-14(6-1-11(15)8-28)32-10-16(35-19(32)21(25,26)27)18(34)31-13-4-2-12(3-5-13)30-17(33)9-29;/h1-7,16,19H,9-10,29H2,(H,30,33)(H,31,34);1H/t16-,19+;/m0./s1. The zero-order chi connectivity index (χ0) is 26.0. The Balaban J connectivity index is 0.00000456. The Bertz CT molecular complexity index is 1150. The van der Waals surface area contributed by atoms with Crippen molar-refractivity contribution in [2.45, 2.75) is 24.7 Å². The van der Waals surface area contributed by atoms with E-state index in [1.165, 1.54) is 30.3 Å². The fourth-order valence-electron chi connectivity index (χ4n) is 3.30. The molecule has 1 aliphatic heterocycles. The molecule has 4 N–H and O–H groups in total. The second-order valence-electron chi connectivity index (χ2n) is 7.33. The van der Waals surface area contributed by atoms with E-state index >= 15 is 0 Å². The lowest BCUT2D eigenvalue weighted by Gasteiger charge is -2.27. The molecule has 3 rings (SSSR count). The average molecular weight is 538 g/mol. The topological polar surface area (TPSA) is 120 Å². The Kier molecular flexibility index (Phi) is 8.79. The van der Waals surface area contributed by atoms with Gasteiger partial charge >= 0.3 is 12.4 Å². The minimum atomic E-state index is -5.04. The Morgan fingerprint density at radius 3 is 2.14 bits per heavy atom. The van der Waals surface area contributed by atoms with Gasteiger partial charge in [0.05, 0.1) is 30.3 Å². The smallest absolute Gasteiger partial charge is 0.335 e. The maximum absolute atomic E-state index is 13.6. The van der Waals surface area contributed by atoms with Gasteiger partial charge in [-0.1, -0.05) is 0 Å². The van der Waals surface area contributed by atoms with Crippen LogP contribution in [0.1, 0.15) is 11.1 Å². The molecule has 36 heavy (non-hydrogen) atoms. The summed E-state index contributed by atoms with van der Waals surface area (Å²) in [6, 6.07) is 9.00. The van der Waals surface area contributed by atoms with Crippen LogP contribution in [0, 0.1) is 11.3 Å². The SMILES string of the molecule is Cl.N#Cc1ccc(N2C[C@@H](C(=O)Nc3ccc(NC(=O)CN)cc3)O[C@@H]2C(F)(F)F)cc1C(F)(F)F. The number of amides is 2. The van der Waals surface area contributed by atoms with Crippen molar-refractivity contribution in [3.05, 3.63) is 53.6 Å². The molecule has 1 fully saturated rings. The summed E-state index contributed by atoms with van der Waals surface area (Å²) in [7, 11) is 0. The molecule has 2 atom stereocenters. The first-order valence-electron chi connectivity index (χ1n) is 9.84. The number of hydrogen-bond acceptors (Lipinski definition) is 6. The van der Waals surface area contributed by atoms with Crippen LogP contribution in [0.15, 0.2) is 42.5 Å². The molecule has 2 aromatic rings. The Labute approximate surface area is 206 Å². The zero-order valence-corrected chi connectivity index (χ0v) is 18.8. The molecular weight excluding hydrogens is 520 g/mol. The van der Waals surface area contributed by atoms with E-state index < -0.39 is 59.9 Å². The molecule has 0 unspecified atom stereocenters. The van der Waals surface area contributed by atoms with Gasteiger partial charge in [-0.2, -0.15) is 31.6 Å². The van der Waals surface area contributed by atoms with Crippen LogP contribution in [-0.2, 0) is 20.5 Å². The molecule has 2 amide bonds. The second kappa shape index (κ2) is 11.0. The van der Waals surface area contributed by atoms with Gasteiger partial charge in [0, 0.05) is 17.1 Å². The summed E-state index contributed by atoms with van der Waals surface area (Å²) in [4.78, 5) is 24.3. The first-order valence-corrected chi connectivity index (χ1v) is 9.84. The summed E-state index contributed by atoms with van der Waals surface area (Å²) in [5.74, 6) is -1.43. The average Bonchev–Trinajstić information content (AvgIpc) is 3.25. The molecule has 0 aliphatic carbocycles. The minimum Gasteiger partial charge on any atom is -0.335 e. The minimum absolute atomic E-state index is 0. The molecule has 0 bridgehead atoms. The van der Waals surface area contributed by atoms with Crippen LogP contribution in [0.25, 0.3) is 0 Å². The molecule has 8 nitrogen and oxygen atoms in total. The van der Waals surface area contributed by atoms with Crippen LogP contribution in [0.4, 0.5) is 43.4 Å². The monoisotopic (exact) mass is 537 g/mol. The van der Waals surface area contributed by atoms with E-state index in [0.29, 0.717) is 16.7 Å². The number of carbonyl (C=O) groups is 2. The maximum Gasteiger partial charge on any atom is 0.433 e. The molecular formula is C21H18ClF6N5O3. The van der Waals surface area contributed by atoms with E-state index in [-0.39, 0.29) is 24.6 Å². The van der Waals surface area contributed by atoms with E-state index in [0.717, 1.165) is 12.1 Å². The van der Waals surface area contributed by atoms with E-state index in [2.05, 4.69) is 10.6 Å². The number of hydrogen-bond donors (Lipinski definition) is 3. The zero-order valence-electron chi connectivity index (χ0n) is 18.0. The van der Waals surface area contributed by atoms with Crippen molar-refractivity contribution in [2.24, 2.45) is 5.73 Å². The van der Waals surface area contributed by atoms with Crippen LogP contribution in [0.5, 0.6) is 0 Å². The molecule has 194 valence electrons. The Morgan fingerprint density at radius 1 is 1.06 bits per heavy atom. The lowest BCUT2D eigenvalue weighted by Crippen LogP contribution is -2.42. The highest BCUT2D eigenvalue weighted by Crippen LogP contribution is 2.39. The summed E-state index contributed by atoms with van der Waals surface area (Å²) >= 11 is 0. The van der Waals surface area contributed by atoms with E-state index in [1.807, 2.05) is 0 Å². The van der Waals surface area contributed by atoms with Crippen molar-refractivity contribution in [1.29, 1.82) is 5.26 Å². The number of alkyl halides is 6. The van der Waals surface area contributed by atoms with Crippen molar-refractivity contribution in [1.82, 2.24) is 0 Å². The summed E-state index contributed by atoms with van der Waals surface area (Å²) in [6.07, 6.45) is -14.4. The largest absolute Gasteiger partial charge is 0.433 e. The highest BCUT2D eigenvalue weighted by atomic mass is 35.5. The Hall–Kier alpha value is -3.54. The van der Waals surface area contributed by atoms with Crippen molar-refractivity contribution < 1.29 is 40.7 Å². The molecule has 0 aromatic heterocycles. The van der Waals surface area contributed by atoms with Gasteiger partial charge in [-0.25, -0.2) is 0 Å². The van der Waals surface area contributed by atoms with Gasteiger partial charge in [0.2, 0.25) is 12.1 Å². The van der Waals surface area contributed by atoms with Crippen LogP contribution in [0.3, 0.4) is 0 Å². The van der Waals surface area contributed by atoms with Crippen molar-refractivity contribution in [3.63, 3.8) is 0 Å². The molecule has 2 aromatic carbocycles. The molecule has 0 spiro atoms. The maximum atomic E-state index is 13.6. The first kappa shape index (κ1) is 28.7. The normalized spacial score (nSPS) is 17.7. The summed E-state index contributed by atoms with van der Waals surface area (Å²) < 4.78 is 85.5. The lowest BCUT2D eigenvalue weighted by molar-refractivity contribution is -0.212. The van der Waals surface area contributed by atoms with Gasteiger partial charge in [0.1, 0.15) is 0 Å². The molecule has 15 heteroatoms. The number of nitrogens with zero attached hydrogens (tertiary/aromatic N) is 2. The third kappa shape index (κ3) is 6.56. The Morgan fingerprint density at radius 2 is 1.64 bits per heavy atom. The summed E-state index contributed by atoms with van der Waals surface area (Å²) in [6.45, 7) is -0.956. The third-order valence-electron chi connectivity index (χ3n) is 4.89. The summed E-state index contributed by atoms with van der Waals surface area (Å²) in [5.41, 5.74) is 3.03. The van der Waals surface area contributed by atoms with Gasteiger partial charge in [-0.15, -0.1) is 12.4 Å². The molecule has 1 saturated heterocycles. The molecule has 0 saturated carbocycles. The van der Waals surface area contributed by atoms with Crippen LogP contribution >= 0.6 is 12.4 Å². The number of halogens is 7. The molecule has 1 heterocycles. The van der Waals surface area contributed by atoms with Crippen LogP contribution < -0.4 is 21.3 Å². The number of benzene rings is 2. The van der Waals surface area contributed by atoms with Crippen LogP contribution in [-0.4, -0.2) is 43.4 Å². The fraction of sp³-hybridized carbons (Fsp3) is 0.286. The van der Waals surface area contributed by atoms with Gasteiger partial charge < -0.3 is 26.0 Å². The van der Waals surface area contributed by atoms with Gasteiger partial charge in [-0.05, 0) is 42.5 Å². The van der Waals surface area contributed by atoms with E-state index in [4.69, 9.17) is 15.7 Å². The van der Waals surface area contributed by atoms with Gasteiger partial charge in [0.25, 0.3) is 5.91 Å². The predicted molar refractivity (Wildman–Crippen MR) is 118 cm³/mol. The lowest BCUT2D eigenvalue weighted by atomic mass is 10.1. The highest BCUT2D eigenvalue weighted by molar-refractivity contribution is 5.96. The number of nitriles is 1. The molecule has 0 radical (unpaired) electrons. The predicted octanol–water partition coefficient (Wildman–Crippen LogP) is 3.63. The number of nitrogens with two attached hydrogens (primary N) is 1. The number of ether oxygens (including phenoxy) is 1. The van der Waals surface area contributed by atoms with Crippen molar-refractivity contribution in [2.75, 3.05) is 28.6 Å². The third-order valence-corrected chi connectivity index (χ3v) is 4.89. The van der Waals surface area contributed by atoms with Gasteiger partial charge in [-0.3, -0.25) is 9.59 Å². The van der Waals surface area contributed by atoms with Crippen LogP contribution in [0.2, 0.25) is 0 Å². The second-order valence-corrected chi connectivity index (χ2v) is 7.33. The quantitative estimate of drug-likeness (QED) is 0.501. The van der Waals surface area contributed by atoms with E-state index in [1.54, 1.807) is 0 Å². The van der Waals surface area contributed by atoms with E-state index in [9.17, 15) is 35.9 Å². The fourth-order valence-corrected chi connectivity index (χ4v) is 3.30.